The molecule has 1 aromatic heterocycles. The molecular formula is C10H14N4O3. The van der Waals surface area contributed by atoms with E-state index in [0.29, 0.717) is 18.7 Å². The van der Waals surface area contributed by atoms with Crippen molar-refractivity contribution in [2.24, 2.45) is 5.41 Å². The number of H-pyrrole nitrogens is 1. The van der Waals surface area contributed by atoms with Crippen molar-refractivity contribution >= 4 is 11.9 Å². The second-order valence-electron chi connectivity index (χ2n) is 4.33. The maximum atomic E-state index is 12.1. The van der Waals surface area contributed by atoms with Gasteiger partial charge in [0.2, 0.25) is 5.91 Å². The highest BCUT2D eigenvalue weighted by Gasteiger charge is 2.52. The Hall–Kier alpha value is -1.92. The average Bonchev–Trinajstić information content (AvgIpc) is 2.67. The number of aromatic nitrogens is 3. The Bertz CT molecular complexity index is 425. The number of amides is 1. The van der Waals surface area contributed by atoms with E-state index in [1.54, 1.807) is 7.05 Å². The smallest absolute Gasteiger partial charge is 0.319 e. The van der Waals surface area contributed by atoms with Crippen molar-refractivity contribution in [3.05, 3.63) is 12.2 Å². The number of aromatic amines is 1. The second kappa shape index (κ2) is 4.15. The Labute approximate surface area is 97.8 Å². The number of carbonyl (C=O) groups excluding carboxylic acids is 1. The number of hydrogen-bond acceptors (Lipinski definition) is 4. The highest BCUT2D eigenvalue weighted by molar-refractivity contribution is 6.02. The van der Waals surface area contributed by atoms with Gasteiger partial charge in [0.25, 0.3) is 0 Å². The van der Waals surface area contributed by atoms with Crippen molar-refractivity contribution in [1.29, 1.82) is 0 Å². The second-order valence-corrected chi connectivity index (χ2v) is 4.33. The first-order chi connectivity index (χ1) is 8.06. The molecule has 0 spiro atoms. The van der Waals surface area contributed by atoms with Crippen LogP contribution in [0.15, 0.2) is 6.33 Å². The lowest BCUT2D eigenvalue weighted by molar-refractivity contribution is -0.167. The Morgan fingerprint density at radius 1 is 1.59 bits per heavy atom. The van der Waals surface area contributed by atoms with Crippen molar-refractivity contribution in [1.82, 2.24) is 20.1 Å². The Morgan fingerprint density at radius 3 is 2.71 bits per heavy atom. The van der Waals surface area contributed by atoms with Gasteiger partial charge in [-0.3, -0.25) is 14.7 Å². The van der Waals surface area contributed by atoms with Crippen molar-refractivity contribution < 1.29 is 14.7 Å². The van der Waals surface area contributed by atoms with E-state index in [4.69, 9.17) is 5.11 Å². The van der Waals surface area contributed by atoms with E-state index < -0.39 is 11.4 Å². The highest BCUT2D eigenvalue weighted by Crippen LogP contribution is 2.42. The maximum absolute atomic E-state index is 12.1. The third-order valence-corrected chi connectivity index (χ3v) is 3.22. The maximum Gasteiger partial charge on any atom is 0.319 e. The zero-order valence-electron chi connectivity index (χ0n) is 9.51. The van der Waals surface area contributed by atoms with Crippen LogP contribution in [0.3, 0.4) is 0 Å². The van der Waals surface area contributed by atoms with Crippen LogP contribution in [0.5, 0.6) is 0 Å². The molecule has 7 nitrogen and oxygen atoms in total. The molecule has 0 bridgehead atoms. The van der Waals surface area contributed by atoms with Gasteiger partial charge in [0.15, 0.2) is 0 Å². The average molecular weight is 238 g/mol. The van der Waals surface area contributed by atoms with Crippen LogP contribution in [0.25, 0.3) is 0 Å². The van der Waals surface area contributed by atoms with E-state index in [-0.39, 0.29) is 12.5 Å². The number of rotatable bonds is 4. The molecule has 1 aromatic rings. The zero-order chi connectivity index (χ0) is 12.5. The summed E-state index contributed by atoms with van der Waals surface area (Å²) in [6.07, 6.45) is 2.97. The lowest BCUT2D eigenvalue weighted by Crippen LogP contribution is -2.51. The molecule has 1 saturated carbocycles. The number of hydrogen-bond donors (Lipinski definition) is 2. The molecule has 92 valence electrons. The van der Waals surface area contributed by atoms with Gasteiger partial charge in [-0.25, -0.2) is 4.98 Å². The van der Waals surface area contributed by atoms with E-state index in [1.807, 2.05) is 0 Å². The predicted octanol–water partition coefficient (Wildman–Crippen LogP) is 0.0180. The summed E-state index contributed by atoms with van der Waals surface area (Å²) in [5.41, 5.74) is -1.21. The fourth-order valence-corrected chi connectivity index (χ4v) is 2.02. The molecule has 0 aliphatic heterocycles. The van der Waals surface area contributed by atoms with Crippen LogP contribution in [-0.2, 0) is 16.1 Å². The number of nitrogens with one attached hydrogen (secondary N) is 1. The van der Waals surface area contributed by atoms with Crippen LogP contribution in [0, 0.1) is 5.41 Å². The van der Waals surface area contributed by atoms with Crippen LogP contribution >= 0.6 is 0 Å². The van der Waals surface area contributed by atoms with Crippen molar-refractivity contribution in [3.8, 4) is 0 Å². The van der Waals surface area contributed by atoms with E-state index >= 15 is 0 Å². The van der Waals surface area contributed by atoms with E-state index in [2.05, 4.69) is 15.2 Å². The molecule has 1 heterocycles. The largest absolute Gasteiger partial charge is 0.480 e. The number of aliphatic carboxylic acids is 1. The van der Waals surface area contributed by atoms with Crippen LogP contribution in [0.1, 0.15) is 25.1 Å². The van der Waals surface area contributed by atoms with Gasteiger partial charge in [-0.05, 0) is 12.8 Å². The topological polar surface area (TPSA) is 99.2 Å². The van der Waals surface area contributed by atoms with Gasteiger partial charge in [0.05, 0.1) is 6.54 Å². The SMILES string of the molecule is CN(Cc1ncn[nH]1)C(=O)C1(C(=O)O)CCC1. The standard InChI is InChI=1S/C10H14N4O3/c1-14(5-7-11-6-12-13-7)8(15)10(9(16)17)3-2-4-10/h6H,2-5H2,1H3,(H,16,17)(H,11,12,13). The molecule has 1 aliphatic rings. The van der Waals surface area contributed by atoms with Crippen molar-refractivity contribution in [3.63, 3.8) is 0 Å². The summed E-state index contributed by atoms with van der Waals surface area (Å²) in [7, 11) is 1.58. The third-order valence-electron chi connectivity index (χ3n) is 3.22. The summed E-state index contributed by atoms with van der Waals surface area (Å²) in [4.78, 5) is 28.6. The molecule has 1 fully saturated rings. The monoisotopic (exact) mass is 238 g/mol. The molecule has 1 amide bonds. The molecular weight excluding hydrogens is 224 g/mol. The summed E-state index contributed by atoms with van der Waals surface area (Å²) >= 11 is 0. The molecule has 0 radical (unpaired) electrons. The number of carboxylic acid groups (broad SMARTS) is 1. The summed E-state index contributed by atoms with van der Waals surface area (Å²) in [6, 6.07) is 0. The van der Waals surface area contributed by atoms with Crippen LogP contribution in [0.4, 0.5) is 0 Å². The van der Waals surface area contributed by atoms with Crippen LogP contribution in [0.2, 0.25) is 0 Å². The minimum Gasteiger partial charge on any atom is -0.480 e. The van der Waals surface area contributed by atoms with Gasteiger partial charge in [-0.1, -0.05) is 6.42 Å². The summed E-state index contributed by atoms with van der Waals surface area (Å²) in [6.45, 7) is 0.244. The molecule has 0 atom stereocenters. The van der Waals surface area contributed by atoms with Gasteiger partial charge >= 0.3 is 5.97 Å². The van der Waals surface area contributed by atoms with E-state index in [1.165, 1.54) is 11.2 Å². The molecule has 17 heavy (non-hydrogen) atoms. The van der Waals surface area contributed by atoms with Crippen molar-refractivity contribution in [2.45, 2.75) is 25.8 Å². The first-order valence-electron chi connectivity index (χ1n) is 5.39. The predicted molar refractivity (Wildman–Crippen MR) is 56.8 cm³/mol. The Kier molecular flexibility index (Phi) is 2.83. The Morgan fingerprint density at radius 2 is 2.29 bits per heavy atom. The summed E-state index contributed by atoms with van der Waals surface area (Å²) in [5, 5.41) is 15.5. The van der Waals surface area contributed by atoms with E-state index in [9.17, 15) is 9.59 Å². The van der Waals surface area contributed by atoms with Gasteiger partial charge in [0.1, 0.15) is 17.6 Å². The van der Waals surface area contributed by atoms with E-state index in [0.717, 1.165) is 6.42 Å². The van der Waals surface area contributed by atoms with Gasteiger partial charge in [-0.15, -0.1) is 0 Å². The van der Waals surface area contributed by atoms with Gasteiger partial charge in [0, 0.05) is 7.05 Å². The molecule has 0 unspecified atom stereocenters. The molecule has 1 aliphatic carbocycles. The lowest BCUT2D eigenvalue weighted by Gasteiger charge is -2.38. The normalized spacial score (nSPS) is 17.2. The van der Waals surface area contributed by atoms with Crippen LogP contribution < -0.4 is 0 Å². The molecule has 2 rings (SSSR count). The molecule has 0 aromatic carbocycles. The zero-order valence-corrected chi connectivity index (χ0v) is 9.51. The first kappa shape index (κ1) is 11.6. The fraction of sp³-hybridized carbons (Fsp3) is 0.600. The van der Waals surface area contributed by atoms with Gasteiger partial charge in [-0.2, -0.15) is 5.10 Å². The highest BCUT2D eigenvalue weighted by atomic mass is 16.4. The number of carbonyl (C=O) groups is 2. The summed E-state index contributed by atoms with van der Waals surface area (Å²) in [5.74, 6) is -0.841. The third kappa shape index (κ3) is 1.88. The number of carboxylic acids is 1. The molecule has 7 heteroatoms. The quantitative estimate of drug-likeness (QED) is 0.720. The minimum absolute atomic E-state index is 0.244. The molecule has 0 saturated heterocycles. The Balaban J connectivity index is 2.06. The first-order valence-corrected chi connectivity index (χ1v) is 5.39. The van der Waals surface area contributed by atoms with Gasteiger partial charge < -0.3 is 10.0 Å². The minimum atomic E-state index is -1.21. The lowest BCUT2D eigenvalue weighted by atomic mass is 9.68. The molecule has 2 N–H and O–H groups in total. The number of nitrogens with zero attached hydrogens (tertiary/aromatic N) is 3. The van der Waals surface area contributed by atoms with Crippen LogP contribution in [-0.4, -0.2) is 44.1 Å². The van der Waals surface area contributed by atoms with Crippen molar-refractivity contribution in [2.75, 3.05) is 7.05 Å². The fourth-order valence-electron chi connectivity index (χ4n) is 2.02. The summed E-state index contributed by atoms with van der Waals surface area (Å²) < 4.78 is 0.